The van der Waals surface area contributed by atoms with Crippen LogP contribution in [-0.2, 0) is 4.79 Å². The van der Waals surface area contributed by atoms with Crippen LogP contribution in [0.25, 0.3) is 0 Å². The number of non-ortho nitro benzene ring substituents is 1. The second-order valence-electron chi connectivity index (χ2n) is 6.05. The first kappa shape index (κ1) is 17.9. The summed E-state index contributed by atoms with van der Waals surface area (Å²) in [4.78, 5) is 33.5. The topological polar surface area (TPSA) is 98.5 Å². The molecule has 1 aromatic rings. The summed E-state index contributed by atoms with van der Waals surface area (Å²) >= 11 is 0. The summed E-state index contributed by atoms with van der Waals surface area (Å²) in [6, 6.07) is 3.89. The van der Waals surface area contributed by atoms with E-state index in [0.717, 1.165) is 31.7 Å². The van der Waals surface area contributed by atoms with Crippen molar-refractivity contribution in [3.63, 3.8) is 0 Å². The molecule has 0 saturated heterocycles. The van der Waals surface area contributed by atoms with Crippen LogP contribution in [0.3, 0.4) is 0 Å². The number of nitro groups is 1. The van der Waals surface area contributed by atoms with E-state index in [-0.39, 0.29) is 28.9 Å². The van der Waals surface area contributed by atoms with Crippen LogP contribution in [0.15, 0.2) is 18.2 Å². The predicted molar refractivity (Wildman–Crippen MR) is 88.2 cm³/mol. The summed E-state index contributed by atoms with van der Waals surface area (Å²) < 4.78 is 5.54. The molecule has 1 aliphatic carbocycles. The fourth-order valence-corrected chi connectivity index (χ4v) is 2.84. The molecule has 130 valence electrons. The zero-order valence-electron chi connectivity index (χ0n) is 13.7. The van der Waals surface area contributed by atoms with E-state index in [9.17, 15) is 19.7 Å². The van der Waals surface area contributed by atoms with Crippen molar-refractivity contribution in [2.45, 2.75) is 57.6 Å². The Kier molecular flexibility index (Phi) is 6.28. The first-order valence-corrected chi connectivity index (χ1v) is 8.22. The maximum absolute atomic E-state index is 12.3. The Bertz CT molecular complexity index is 609. The number of carbonyl (C=O) groups excluding carboxylic acids is 2. The number of benzene rings is 1. The molecule has 1 N–H and O–H groups in total. The number of ether oxygens (including phenoxy) is 1. The van der Waals surface area contributed by atoms with Crippen LogP contribution in [0.1, 0.15) is 55.8 Å². The van der Waals surface area contributed by atoms with E-state index in [0.29, 0.717) is 6.29 Å². The zero-order chi connectivity index (χ0) is 17.5. The van der Waals surface area contributed by atoms with E-state index >= 15 is 0 Å². The SMILES string of the molecule is C[C@H](Oc1ccc([N+](=O)[O-])cc1C=O)C(=O)NC1CCCCCC1. The average molecular weight is 334 g/mol. The van der Waals surface area contributed by atoms with Crippen molar-refractivity contribution in [3.8, 4) is 5.75 Å². The fourth-order valence-electron chi connectivity index (χ4n) is 2.84. The lowest BCUT2D eigenvalue weighted by Gasteiger charge is -2.20. The van der Waals surface area contributed by atoms with Crippen LogP contribution in [0, 0.1) is 10.1 Å². The van der Waals surface area contributed by atoms with Gasteiger partial charge in [-0.1, -0.05) is 25.7 Å². The first-order valence-electron chi connectivity index (χ1n) is 8.22. The Morgan fingerprint density at radius 3 is 2.58 bits per heavy atom. The van der Waals surface area contributed by atoms with Gasteiger partial charge < -0.3 is 10.1 Å². The summed E-state index contributed by atoms with van der Waals surface area (Å²) in [5, 5.41) is 13.7. The number of hydrogen-bond donors (Lipinski definition) is 1. The highest BCUT2D eigenvalue weighted by molar-refractivity contribution is 5.83. The Hall–Kier alpha value is -2.44. The lowest BCUT2D eigenvalue weighted by atomic mass is 10.1. The maximum atomic E-state index is 12.3. The summed E-state index contributed by atoms with van der Waals surface area (Å²) in [7, 11) is 0. The lowest BCUT2D eigenvalue weighted by molar-refractivity contribution is -0.384. The fraction of sp³-hybridized carbons (Fsp3) is 0.529. The van der Waals surface area contributed by atoms with Gasteiger partial charge >= 0.3 is 0 Å². The molecule has 1 fully saturated rings. The number of rotatable bonds is 6. The van der Waals surface area contributed by atoms with Crippen LogP contribution >= 0.6 is 0 Å². The molecule has 7 heteroatoms. The van der Waals surface area contributed by atoms with E-state index in [1.807, 2.05) is 0 Å². The molecular weight excluding hydrogens is 312 g/mol. The summed E-state index contributed by atoms with van der Waals surface area (Å²) in [6.07, 6.45) is 6.25. The smallest absolute Gasteiger partial charge is 0.270 e. The van der Waals surface area contributed by atoms with Crippen molar-refractivity contribution in [1.82, 2.24) is 5.32 Å². The third kappa shape index (κ3) is 4.78. The molecule has 0 spiro atoms. The molecule has 1 amide bonds. The lowest BCUT2D eigenvalue weighted by Crippen LogP contribution is -2.42. The molecule has 0 heterocycles. The van der Waals surface area contributed by atoms with E-state index < -0.39 is 11.0 Å². The molecule has 0 unspecified atom stereocenters. The van der Waals surface area contributed by atoms with Crippen molar-refractivity contribution in [2.24, 2.45) is 0 Å². The molecule has 1 aliphatic rings. The number of aldehydes is 1. The summed E-state index contributed by atoms with van der Waals surface area (Å²) in [5.41, 5.74) is -0.140. The number of carbonyl (C=O) groups is 2. The first-order chi connectivity index (χ1) is 11.5. The molecule has 0 aliphatic heterocycles. The van der Waals surface area contributed by atoms with Gasteiger partial charge in [0.25, 0.3) is 11.6 Å². The molecule has 0 bridgehead atoms. The maximum Gasteiger partial charge on any atom is 0.270 e. The van der Waals surface area contributed by atoms with E-state index in [2.05, 4.69) is 5.32 Å². The normalized spacial score (nSPS) is 16.7. The van der Waals surface area contributed by atoms with E-state index in [1.54, 1.807) is 6.92 Å². The molecule has 0 aromatic heterocycles. The van der Waals surface area contributed by atoms with Crippen LogP contribution in [-0.4, -0.2) is 29.3 Å². The minimum Gasteiger partial charge on any atom is -0.480 e. The highest BCUT2D eigenvalue weighted by Gasteiger charge is 2.21. The Balaban J connectivity index is 2.00. The minimum absolute atomic E-state index is 0.0540. The molecule has 2 rings (SSSR count). The van der Waals surface area contributed by atoms with Gasteiger partial charge in [-0.3, -0.25) is 19.7 Å². The van der Waals surface area contributed by atoms with Crippen molar-refractivity contribution in [1.29, 1.82) is 0 Å². The van der Waals surface area contributed by atoms with Crippen LogP contribution in [0.4, 0.5) is 5.69 Å². The highest BCUT2D eigenvalue weighted by atomic mass is 16.6. The van der Waals surface area contributed by atoms with Crippen molar-refractivity contribution in [2.75, 3.05) is 0 Å². The monoisotopic (exact) mass is 334 g/mol. The van der Waals surface area contributed by atoms with Gasteiger partial charge in [0.1, 0.15) is 5.75 Å². The zero-order valence-corrected chi connectivity index (χ0v) is 13.7. The molecule has 24 heavy (non-hydrogen) atoms. The molecular formula is C17H22N2O5. The largest absolute Gasteiger partial charge is 0.480 e. The molecule has 1 saturated carbocycles. The number of nitrogens with zero attached hydrogens (tertiary/aromatic N) is 1. The number of nitrogens with one attached hydrogen (secondary N) is 1. The van der Waals surface area contributed by atoms with Crippen LogP contribution in [0.2, 0.25) is 0 Å². The molecule has 0 radical (unpaired) electrons. The van der Waals surface area contributed by atoms with Gasteiger partial charge in [0.15, 0.2) is 12.4 Å². The third-order valence-electron chi connectivity index (χ3n) is 4.21. The summed E-state index contributed by atoms with van der Waals surface area (Å²) in [5.74, 6) is -0.0729. The van der Waals surface area contributed by atoms with Gasteiger partial charge in [-0.2, -0.15) is 0 Å². The predicted octanol–water partition coefficient (Wildman–Crippen LogP) is 3.01. The quantitative estimate of drug-likeness (QED) is 0.373. The van der Waals surface area contributed by atoms with Crippen molar-refractivity contribution < 1.29 is 19.2 Å². The number of nitro benzene ring substituents is 1. The van der Waals surface area contributed by atoms with Crippen molar-refractivity contribution in [3.05, 3.63) is 33.9 Å². The Labute approximate surface area is 140 Å². The van der Waals surface area contributed by atoms with Gasteiger partial charge in [-0.25, -0.2) is 0 Å². The molecule has 1 aromatic carbocycles. The van der Waals surface area contributed by atoms with E-state index in [1.165, 1.54) is 25.0 Å². The number of hydrogen-bond acceptors (Lipinski definition) is 5. The minimum atomic E-state index is -0.784. The van der Waals surface area contributed by atoms with Crippen LogP contribution < -0.4 is 10.1 Å². The third-order valence-corrected chi connectivity index (χ3v) is 4.21. The highest BCUT2D eigenvalue weighted by Crippen LogP contribution is 2.24. The average Bonchev–Trinajstić information content (AvgIpc) is 2.83. The molecule has 1 atom stereocenters. The van der Waals surface area contributed by atoms with Gasteiger partial charge in [0.2, 0.25) is 0 Å². The van der Waals surface area contributed by atoms with Gasteiger partial charge in [-0.05, 0) is 25.8 Å². The van der Waals surface area contributed by atoms with E-state index in [4.69, 9.17) is 4.74 Å². The van der Waals surface area contributed by atoms with Gasteiger partial charge in [-0.15, -0.1) is 0 Å². The second-order valence-corrected chi connectivity index (χ2v) is 6.05. The van der Waals surface area contributed by atoms with Gasteiger partial charge in [0.05, 0.1) is 10.5 Å². The second kappa shape index (κ2) is 8.42. The van der Waals surface area contributed by atoms with Crippen molar-refractivity contribution >= 4 is 17.9 Å². The standard InChI is InChI=1S/C17H22N2O5/c1-12(17(21)18-14-6-4-2-3-5-7-14)24-16-9-8-15(19(22)23)10-13(16)11-20/h8-12,14H,2-7H2,1H3,(H,18,21)/t12-/m0/s1. The van der Waals surface area contributed by atoms with Crippen LogP contribution in [0.5, 0.6) is 5.75 Å². The molecule has 7 nitrogen and oxygen atoms in total. The Morgan fingerprint density at radius 2 is 2.00 bits per heavy atom. The number of amides is 1. The van der Waals surface area contributed by atoms with Gasteiger partial charge in [0, 0.05) is 18.2 Å². The Morgan fingerprint density at radius 1 is 1.33 bits per heavy atom. The summed E-state index contributed by atoms with van der Waals surface area (Å²) in [6.45, 7) is 1.60.